The Morgan fingerprint density at radius 2 is 1.13 bits per heavy atom. The van der Waals surface area contributed by atoms with Crippen molar-refractivity contribution in [2.75, 3.05) is 35.5 Å². The third-order valence-corrected chi connectivity index (χ3v) is 12.0. The number of aryl methyl sites for hydroxylation is 7. The number of hydrogen-bond acceptors (Lipinski definition) is 14. The van der Waals surface area contributed by atoms with Gasteiger partial charge in [0.25, 0.3) is 0 Å². The van der Waals surface area contributed by atoms with Crippen LogP contribution in [0.2, 0.25) is 0 Å². The highest BCUT2D eigenvalue weighted by molar-refractivity contribution is 7.16. The summed E-state index contributed by atoms with van der Waals surface area (Å²) in [6.07, 6.45) is 9.48. The largest absolute Gasteiger partial charge is 0.496 e. The van der Waals surface area contributed by atoms with E-state index >= 15 is 0 Å². The van der Waals surface area contributed by atoms with Gasteiger partial charge in [0.2, 0.25) is 0 Å². The average Bonchev–Trinajstić information content (AvgIpc) is 4.19. The van der Waals surface area contributed by atoms with Gasteiger partial charge in [0.15, 0.2) is 21.8 Å². The van der Waals surface area contributed by atoms with Gasteiger partial charge in [-0.1, -0.05) is 47.5 Å². The molecule has 0 aliphatic carbocycles. The fourth-order valence-corrected chi connectivity index (χ4v) is 8.30. The van der Waals surface area contributed by atoms with E-state index in [0.717, 1.165) is 51.8 Å². The normalized spacial score (nSPS) is 10.6. The first-order valence-corrected chi connectivity index (χ1v) is 22.4. The van der Waals surface area contributed by atoms with Crippen LogP contribution >= 0.6 is 22.7 Å². The average molecular weight is 939 g/mol. The summed E-state index contributed by atoms with van der Waals surface area (Å²) in [4.78, 5) is 66.5. The minimum Gasteiger partial charge on any atom is -0.496 e. The van der Waals surface area contributed by atoms with Gasteiger partial charge in [-0.15, -0.1) is 32.9 Å². The molecule has 8 aromatic rings. The lowest BCUT2D eigenvalue weighted by atomic mass is 9.99. The minimum absolute atomic E-state index is 0.239. The maximum absolute atomic E-state index is 13.3. The lowest BCUT2D eigenvalue weighted by molar-refractivity contribution is 0.102. The number of amides is 4. The molecule has 0 aliphatic rings. The van der Waals surface area contributed by atoms with Crippen LogP contribution in [0.5, 0.6) is 11.5 Å². The number of thiazole rings is 2. The second-order valence-corrected chi connectivity index (χ2v) is 17.1. The Morgan fingerprint density at radius 3 is 1.60 bits per heavy atom. The number of benzene rings is 4. The van der Waals surface area contributed by atoms with Crippen molar-refractivity contribution in [2.24, 2.45) is 7.05 Å². The summed E-state index contributed by atoms with van der Waals surface area (Å²) in [6, 6.07) is 23.6. The third kappa shape index (κ3) is 12.4. The van der Waals surface area contributed by atoms with Gasteiger partial charge in [0, 0.05) is 53.2 Å². The van der Waals surface area contributed by atoms with Crippen molar-refractivity contribution in [1.82, 2.24) is 39.9 Å². The molecular formula is C47H46N12O6S2. The number of urea groups is 2. The summed E-state index contributed by atoms with van der Waals surface area (Å²) in [5.74, 6) is 2.14. The molecule has 0 spiro atoms. The van der Waals surface area contributed by atoms with Gasteiger partial charge >= 0.3 is 12.1 Å². The molecule has 0 radical (unpaired) electrons. The van der Waals surface area contributed by atoms with Crippen molar-refractivity contribution in [3.8, 4) is 11.5 Å². The Hall–Kier alpha value is -8.10. The quantitative estimate of drug-likeness (QED) is 0.0574. The van der Waals surface area contributed by atoms with Crippen LogP contribution in [0.3, 0.4) is 0 Å². The molecule has 5 N–H and O–H groups in total. The molecule has 0 aliphatic heterocycles. The number of anilines is 4. The maximum atomic E-state index is 13.3. The van der Waals surface area contributed by atoms with Crippen LogP contribution in [0.1, 0.15) is 64.4 Å². The molecule has 4 heterocycles. The molecule has 67 heavy (non-hydrogen) atoms. The van der Waals surface area contributed by atoms with Gasteiger partial charge in [-0.3, -0.25) is 25.3 Å². The van der Waals surface area contributed by atoms with Crippen LogP contribution in [0.15, 0.2) is 110 Å². The van der Waals surface area contributed by atoms with Gasteiger partial charge < -0.3 is 24.7 Å². The lowest BCUT2D eigenvalue weighted by Crippen LogP contribution is -2.21. The minimum atomic E-state index is -0.482. The van der Waals surface area contributed by atoms with Crippen LogP contribution in [-0.2, 0) is 32.7 Å². The van der Waals surface area contributed by atoms with Crippen molar-refractivity contribution >= 4 is 67.9 Å². The van der Waals surface area contributed by atoms with Crippen molar-refractivity contribution in [1.29, 1.82) is 0 Å². The van der Waals surface area contributed by atoms with Crippen LogP contribution < -0.4 is 30.7 Å². The molecule has 4 aromatic heterocycles. The Labute approximate surface area is 393 Å². The Bertz CT molecular complexity index is 3000. The second kappa shape index (κ2) is 22.2. The number of ketones is 2. The number of aromatic nitrogens is 8. The molecule has 4 aromatic carbocycles. The monoisotopic (exact) mass is 938 g/mol. The first kappa shape index (κ1) is 46.9. The fraction of sp³-hybridized carbons (Fsp3) is 0.191. The second-order valence-electron chi connectivity index (χ2n) is 14.9. The molecule has 0 fully saturated rings. The molecule has 4 amide bonds. The lowest BCUT2D eigenvalue weighted by Gasteiger charge is -2.13. The number of para-hydroxylation sites is 2. The number of ether oxygens (including phenoxy) is 2. The Morgan fingerprint density at radius 1 is 0.627 bits per heavy atom. The summed E-state index contributed by atoms with van der Waals surface area (Å²) >= 11 is 2.77. The fourth-order valence-electron chi connectivity index (χ4n) is 6.69. The van der Waals surface area contributed by atoms with Gasteiger partial charge in [0.05, 0.1) is 36.7 Å². The first-order chi connectivity index (χ1) is 32.5. The molecule has 0 saturated carbocycles. The van der Waals surface area contributed by atoms with E-state index in [9.17, 15) is 19.2 Å². The SMILES string of the molecule is COc1ccccc1C(=O)c1cc(C)ccc1NC(=O)Nc1ncc(CCc2ncn[nH]2)s1.COc1ccccc1C(=O)c1cc(C)ccc1NC(=O)Nc1ncc(CCc2nncn2C)s1. The van der Waals surface area contributed by atoms with Crippen LogP contribution in [0, 0.1) is 13.8 Å². The first-order valence-electron chi connectivity index (χ1n) is 20.8. The summed E-state index contributed by atoms with van der Waals surface area (Å²) in [7, 11) is 4.94. The van der Waals surface area contributed by atoms with Crippen LogP contribution in [0.25, 0.3) is 0 Å². The van der Waals surface area contributed by atoms with Crippen LogP contribution in [-0.4, -0.2) is 77.8 Å². The van der Waals surface area contributed by atoms with Gasteiger partial charge in [-0.05, 0) is 75.2 Å². The molecule has 0 unspecified atom stereocenters. The van der Waals surface area contributed by atoms with Crippen molar-refractivity contribution in [3.05, 3.63) is 165 Å². The molecule has 0 saturated heterocycles. The van der Waals surface area contributed by atoms with Gasteiger partial charge in [0.1, 0.15) is 35.8 Å². The van der Waals surface area contributed by atoms with E-state index in [1.807, 2.05) is 37.6 Å². The van der Waals surface area contributed by atoms with Crippen molar-refractivity contribution in [3.63, 3.8) is 0 Å². The third-order valence-electron chi connectivity index (χ3n) is 10.1. The zero-order valence-electron chi connectivity index (χ0n) is 37.1. The summed E-state index contributed by atoms with van der Waals surface area (Å²) < 4.78 is 12.5. The van der Waals surface area contributed by atoms with E-state index in [0.29, 0.717) is 61.8 Å². The van der Waals surface area contributed by atoms with E-state index in [2.05, 4.69) is 56.6 Å². The van der Waals surface area contributed by atoms with E-state index < -0.39 is 12.1 Å². The molecule has 20 heteroatoms. The number of nitrogens with one attached hydrogen (secondary N) is 5. The van der Waals surface area contributed by atoms with E-state index in [1.54, 1.807) is 91.5 Å². The molecule has 0 bridgehead atoms. The zero-order chi connectivity index (χ0) is 47.3. The topological polar surface area (TPSA) is 233 Å². The maximum Gasteiger partial charge on any atom is 0.325 e. The predicted octanol–water partition coefficient (Wildman–Crippen LogP) is 8.49. The number of carbonyl (C=O) groups is 4. The number of rotatable bonds is 16. The zero-order valence-corrected chi connectivity index (χ0v) is 38.8. The summed E-state index contributed by atoms with van der Waals surface area (Å²) in [6.45, 7) is 3.78. The summed E-state index contributed by atoms with van der Waals surface area (Å²) in [5, 5.41) is 26.6. The van der Waals surface area contributed by atoms with E-state index in [1.165, 1.54) is 43.2 Å². The number of carbonyl (C=O) groups excluding carboxylic acids is 4. The molecule has 342 valence electrons. The van der Waals surface area contributed by atoms with Crippen molar-refractivity contribution < 1.29 is 28.7 Å². The number of methoxy groups -OCH3 is 2. The number of aromatic amines is 1. The standard InChI is InChI=1S/C24H24N6O3S.C23H22N6O3S/c1-15-8-10-19(18(12-15)22(31)17-6-4-5-7-20(17)33-3)27-23(32)28-24-25-13-16(34-24)9-11-21-29-26-14-30(21)2;1-14-7-9-18(17(11-14)21(30)16-5-3-4-6-19(16)32-2)27-22(31)28-23-24-12-15(33-23)8-10-20-25-13-26-29-20/h4-8,10,12-14H,9,11H2,1-3H3,(H2,25,27,28,32);3-7,9,11-13H,8,10H2,1-2H3,(H,25,26,29)(H2,24,27,28,31). The molecule has 0 atom stereocenters. The predicted molar refractivity (Wildman–Crippen MR) is 257 cm³/mol. The van der Waals surface area contributed by atoms with E-state index in [-0.39, 0.29) is 11.6 Å². The molecule has 18 nitrogen and oxygen atoms in total. The van der Waals surface area contributed by atoms with Gasteiger partial charge in [-0.2, -0.15) is 5.10 Å². The van der Waals surface area contributed by atoms with Gasteiger partial charge in [-0.25, -0.2) is 24.5 Å². The number of nitrogens with zero attached hydrogens (tertiary/aromatic N) is 7. The van der Waals surface area contributed by atoms with Crippen molar-refractivity contribution in [2.45, 2.75) is 39.5 Å². The molecule has 8 rings (SSSR count). The number of hydrogen-bond donors (Lipinski definition) is 5. The molecular weight excluding hydrogens is 893 g/mol. The number of H-pyrrole nitrogens is 1. The Kier molecular flexibility index (Phi) is 15.5. The summed E-state index contributed by atoms with van der Waals surface area (Å²) in [5.41, 5.74) is 4.20. The van der Waals surface area contributed by atoms with E-state index in [4.69, 9.17) is 9.47 Å². The highest BCUT2D eigenvalue weighted by Gasteiger charge is 2.21. The Balaban J connectivity index is 0.000000199. The highest BCUT2D eigenvalue weighted by atomic mass is 32.1. The smallest absolute Gasteiger partial charge is 0.325 e. The van der Waals surface area contributed by atoms with Crippen LogP contribution in [0.4, 0.5) is 31.2 Å². The highest BCUT2D eigenvalue weighted by Crippen LogP contribution is 2.29.